The zero-order valence-corrected chi connectivity index (χ0v) is 9.71. The molecule has 1 aromatic rings. The zero-order chi connectivity index (χ0) is 11.3. The number of amides is 1. The van der Waals surface area contributed by atoms with E-state index in [1.54, 1.807) is 18.4 Å². The topological polar surface area (TPSA) is 64.3 Å². The molecule has 0 bridgehead atoms. The molecule has 0 radical (unpaired) electrons. The van der Waals surface area contributed by atoms with Gasteiger partial charge in [-0.3, -0.25) is 10.1 Å². The van der Waals surface area contributed by atoms with Gasteiger partial charge in [0, 0.05) is 18.0 Å². The predicted molar refractivity (Wildman–Crippen MR) is 60.7 cm³/mol. The van der Waals surface area contributed by atoms with Crippen LogP contribution in [0.5, 0.6) is 0 Å². The number of thiophene rings is 1. The van der Waals surface area contributed by atoms with Crippen LogP contribution in [0.2, 0.25) is 0 Å². The van der Waals surface area contributed by atoms with Gasteiger partial charge in [0.1, 0.15) is 6.04 Å². The standard InChI is InChI=1S/C10H16N2O2S/c1-7(9-4-3-5-15-9)12-8(6-14-2)10(11)13/h3-5,7-8,12H,6H2,1-2H3,(H2,11,13). The van der Waals surface area contributed by atoms with Crippen molar-refractivity contribution < 1.29 is 9.53 Å². The first-order valence-electron chi connectivity index (χ1n) is 4.73. The maximum atomic E-state index is 11.1. The number of nitrogens with two attached hydrogens (primary N) is 1. The number of carbonyl (C=O) groups excluding carboxylic acids is 1. The van der Waals surface area contributed by atoms with Crippen molar-refractivity contribution in [2.75, 3.05) is 13.7 Å². The third-order valence-electron chi connectivity index (χ3n) is 2.10. The summed E-state index contributed by atoms with van der Waals surface area (Å²) in [5.41, 5.74) is 5.25. The van der Waals surface area contributed by atoms with Crippen LogP contribution in [0.15, 0.2) is 17.5 Å². The lowest BCUT2D eigenvalue weighted by Crippen LogP contribution is -2.45. The maximum Gasteiger partial charge on any atom is 0.236 e. The molecule has 0 saturated heterocycles. The van der Waals surface area contributed by atoms with E-state index >= 15 is 0 Å². The third kappa shape index (κ3) is 3.62. The van der Waals surface area contributed by atoms with Crippen molar-refractivity contribution in [3.05, 3.63) is 22.4 Å². The van der Waals surface area contributed by atoms with Gasteiger partial charge in [0.05, 0.1) is 6.61 Å². The van der Waals surface area contributed by atoms with E-state index in [-0.39, 0.29) is 11.9 Å². The summed E-state index contributed by atoms with van der Waals surface area (Å²) >= 11 is 1.65. The minimum absolute atomic E-state index is 0.109. The predicted octanol–water partition coefficient (Wildman–Crippen LogP) is 0.899. The molecule has 0 spiro atoms. The summed E-state index contributed by atoms with van der Waals surface area (Å²) in [6, 6.07) is 3.67. The number of hydrogen-bond donors (Lipinski definition) is 2. The highest BCUT2D eigenvalue weighted by Crippen LogP contribution is 2.18. The molecule has 15 heavy (non-hydrogen) atoms. The number of hydrogen-bond acceptors (Lipinski definition) is 4. The van der Waals surface area contributed by atoms with Crippen LogP contribution in [-0.4, -0.2) is 25.7 Å². The quantitative estimate of drug-likeness (QED) is 0.760. The number of methoxy groups -OCH3 is 1. The van der Waals surface area contributed by atoms with Crippen molar-refractivity contribution in [1.29, 1.82) is 0 Å². The van der Waals surface area contributed by atoms with Crippen molar-refractivity contribution in [3.8, 4) is 0 Å². The number of carbonyl (C=O) groups is 1. The van der Waals surface area contributed by atoms with E-state index in [1.807, 2.05) is 24.4 Å². The molecule has 2 unspecified atom stereocenters. The summed E-state index contributed by atoms with van der Waals surface area (Å²) in [7, 11) is 1.55. The lowest BCUT2D eigenvalue weighted by atomic mass is 10.2. The average molecular weight is 228 g/mol. The van der Waals surface area contributed by atoms with E-state index in [0.717, 1.165) is 0 Å². The first-order valence-corrected chi connectivity index (χ1v) is 5.60. The summed E-state index contributed by atoms with van der Waals surface area (Å²) in [6.07, 6.45) is 0. The first-order chi connectivity index (χ1) is 7.15. The molecular weight excluding hydrogens is 212 g/mol. The Labute approximate surface area is 93.4 Å². The fourth-order valence-corrected chi connectivity index (χ4v) is 2.04. The molecule has 0 aromatic carbocycles. The van der Waals surface area contributed by atoms with E-state index in [9.17, 15) is 4.79 Å². The van der Waals surface area contributed by atoms with Gasteiger partial charge >= 0.3 is 0 Å². The zero-order valence-electron chi connectivity index (χ0n) is 8.90. The highest BCUT2D eigenvalue weighted by atomic mass is 32.1. The van der Waals surface area contributed by atoms with Crippen LogP contribution in [-0.2, 0) is 9.53 Å². The van der Waals surface area contributed by atoms with Gasteiger partial charge in [-0.05, 0) is 18.4 Å². The highest BCUT2D eigenvalue weighted by molar-refractivity contribution is 7.10. The molecule has 0 aliphatic carbocycles. The van der Waals surface area contributed by atoms with Crippen LogP contribution < -0.4 is 11.1 Å². The van der Waals surface area contributed by atoms with E-state index in [1.165, 1.54) is 4.88 Å². The van der Waals surface area contributed by atoms with Crippen molar-refractivity contribution in [2.45, 2.75) is 19.0 Å². The molecule has 0 aliphatic rings. The summed E-state index contributed by atoms with van der Waals surface area (Å²) < 4.78 is 4.92. The van der Waals surface area contributed by atoms with Crippen LogP contribution in [0.3, 0.4) is 0 Å². The molecule has 5 heteroatoms. The molecule has 84 valence electrons. The largest absolute Gasteiger partial charge is 0.383 e. The smallest absolute Gasteiger partial charge is 0.236 e. The second-order valence-electron chi connectivity index (χ2n) is 3.31. The van der Waals surface area contributed by atoms with Crippen LogP contribution in [0.4, 0.5) is 0 Å². The Bertz CT molecular complexity index is 300. The maximum absolute atomic E-state index is 11.1. The monoisotopic (exact) mass is 228 g/mol. The van der Waals surface area contributed by atoms with Crippen LogP contribution >= 0.6 is 11.3 Å². The van der Waals surface area contributed by atoms with E-state index in [0.29, 0.717) is 6.61 Å². The average Bonchev–Trinajstić information content (AvgIpc) is 2.69. The molecule has 0 fully saturated rings. The highest BCUT2D eigenvalue weighted by Gasteiger charge is 2.18. The van der Waals surface area contributed by atoms with Gasteiger partial charge < -0.3 is 10.5 Å². The van der Waals surface area contributed by atoms with Crippen molar-refractivity contribution >= 4 is 17.2 Å². The molecule has 1 rings (SSSR count). The molecule has 0 saturated carbocycles. The van der Waals surface area contributed by atoms with Gasteiger partial charge in [-0.25, -0.2) is 0 Å². The van der Waals surface area contributed by atoms with Gasteiger partial charge in [-0.2, -0.15) is 0 Å². The lowest BCUT2D eigenvalue weighted by Gasteiger charge is -2.19. The summed E-state index contributed by atoms with van der Waals surface area (Å²) in [5.74, 6) is -0.389. The van der Waals surface area contributed by atoms with Crippen LogP contribution in [0, 0.1) is 0 Å². The van der Waals surface area contributed by atoms with Gasteiger partial charge in [0.2, 0.25) is 5.91 Å². The molecule has 0 aliphatic heterocycles. The molecule has 1 heterocycles. The third-order valence-corrected chi connectivity index (χ3v) is 3.15. The number of ether oxygens (including phenoxy) is 1. The summed E-state index contributed by atoms with van der Waals surface area (Å²) in [4.78, 5) is 12.3. The van der Waals surface area contributed by atoms with Crippen molar-refractivity contribution in [2.24, 2.45) is 5.73 Å². The Morgan fingerprint density at radius 3 is 2.93 bits per heavy atom. The Morgan fingerprint density at radius 2 is 2.47 bits per heavy atom. The van der Waals surface area contributed by atoms with E-state index in [2.05, 4.69) is 5.32 Å². The fourth-order valence-electron chi connectivity index (χ4n) is 1.30. The Balaban J connectivity index is 2.54. The molecule has 3 N–H and O–H groups in total. The minimum atomic E-state index is -0.438. The number of primary amides is 1. The normalized spacial score (nSPS) is 14.8. The number of rotatable bonds is 6. The van der Waals surface area contributed by atoms with Crippen molar-refractivity contribution in [1.82, 2.24) is 5.32 Å². The van der Waals surface area contributed by atoms with Gasteiger partial charge in [0.25, 0.3) is 0 Å². The van der Waals surface area contributed by atoms with E-state index < -0.39 is 6.04 Å². The van der Waals surface area contributed by atoms with E-state index in [4.69, 9.17) is 10.5 Å². The SMILES string of the molecule is COCC(NC(C)c1cccs1)C(N)=O. The summed E-state index contributed by atoms with van der Waals surface area (Å²) in [5, 5.41) is 5.13. The van der Waals surface area contributed by atoms with Crippen LogP contribution in [0.25, 0.3) is 0 Å². The number of nitrogens with one attached hydrogen (secondary N) is 1. The second kappa shape index (κ2) is 5.85. The van der Waals surface area contributed by atoms with Gasteiger partial charge in [-0.1, -0.05) is 6.07 Å². The van der Waals surface area contributed by atoms with Crippen LogP contribution in [0.1, 0.15) is 17.8 Å². The van der Waals surface area contributed by atoms with Crippen molar-refractivity contribution in [3.63, 3.8) is 0 Å². The fraction of sp³-hybridized carbons (Fsp3) is 0.500. The molecule has 2 atom stereocenters. The Morgan fingerprint density at radius 1 is 1.73 bits per heavy atom. The van der Waals surface area contributed by atoms with Gasteiger partial charge in [-0.15, -0.1) is 11.3 Å². The molecular formula is C10H16N2O2S. The first kappa shape index (κ1) is 12.2. The Hall–Kier alpha value is -0.910. The molecule has 4 nitrogen and oxygen atoms in total. The lowest BCUT2D eigenvalue weighted by molar-refractivity contribution is -0.121. The minimum Gasteiger partial charge on any atom is -0.383 e. The Kier molecular flexibility index (Phi) is 4.74. The second-order valence-corrected chi connectivity index (χ2v) is 4.29. The molecule has 1 aromatic heterocycles. The van der Waals surface area contributed by atoms with Gasteiger partial charge in [0.15, 0.2) is 0 Å². The molecule has 1 amide bonds. The summed E-state index contributed by atoms with van der Waals surface area (Å²) in [6.45, 7) is 2.29.